The lowest BCUT2D eigenvalue weighted by molar-refractivity contribution is -0.120. The molecule has 0 aliphatic carbocycles. The van der Waals surface area contributed by atoms with Crippen LogP contribution in [0.3, 0.4) is 0 Å². The molecule has 0 unspecified atom stereocenters. The van der Waals surface area contributed by atoms with Crippen LogP contribution in [0.25, 0.3) is 11.0 Å². The number of rotatable bonds is 13. The summed E-state index contributed by atoms with van der Waals surface area (Å²) in [6.45, 7) is 5.94. The average molecular weight is 468 g/mol. The second kappa shape index (κ2) is 12.6. The summed E-state index contributed by atoms with van der Waals surface area (Å²) in [5.41, 5.74) is 4.34. The van der Waals surface area contributed by atoms with Crippen LogP contribution in [0.4, 0.5) is 0 Å². The Morgan fingerprint density at radius 1 is 0.971 bits per heavy atom. The smallest absolute Gasteiger partial charge is 0.224 e. The number of nitrogens with zero attached hydrogens (tertiary/aromatic N) is 2. The van der Waals surface area contributed by atoms with Crippen molar-refractivity contribution < 1.29 is 9.53 Å². The SMILES string of the molecule is C=CCc1ccccc1OCCCn1c(CCCNC(=O)Cc2ccccc2)nc2ccccc21. The minimum atomic E-state index is 0.0542. The van der Waals surface area contributed by atoms with Gasteiger partial charge in [0.05, 0.1) is 24.1 Å². The lowest BCUT2D eigenvalue weighted by Crippen LogP contribution is -2.26. The molecule has 5 nitrogen and oxygen atoms in total. The van der Waals surface area contributed by atoms with Gasteiger partial charge in [-0.1, -0.05) is 66.7 Å². The lowest BCUT2D eigenvalue weighted by Gasteiger charge is -2.12. The number of aromatic nitrogens is 2. The molecule has 1 aromatic heterocycles. The molecular formula is C30H33N3O2. The highest BCUT2D eigenvalue weighted by atomic mass is 16.5. The first-order valence-corrected chi connectivity index (χ1v) is 12.3. The molecule has 3 aromatic carbocycles. The molecule has 35 heavy (non-hydrogen) atoms. The molecule has 0 aliphatic rings. The molecule has 4 aromatic rings. The van der Waals surface area contributed by atoms with Gasteiger partial charge in [0.1, 0.15) is 11.6 Å². The molecule has 1 N–H and O–H groups in total. The van der Waals surface area contributed by atoms with E-state index >= 15 is 0 Å². The van der Waals surface area contributed by atoms with E-state index in [-0.39, 0.29) is 5.91 Å². The van der Waals surface area contributed by atoms with Crippen LogP contribution in [0.15, 0.2) is 91.5 Å². The Labute approximate surface area is 207 Å². The number of para-hydroxylation sites is 3. The van der Waals surface area contributed by atoms with Gasteiger partial charge in [-0.3, -0.25) is 4.79 Å². The first kappa shape index (κ1) is 24.3. The summed E-state index contributed by atoms with van der Waals surface area (Å²) in [5.74, 6) is 2.03. The van der Waals surface area contributed by atoms with E-state index < -0.39 is 0 Å². The summed E-state index contributed by atoms with van der Waals surface area (Å²) in [7, 11) is 0. The Hall–Kier alpha value is -3.86. The molecule has 0 radical (unpaired) electrons. The fourth-order valence-corrected chi connectivity index (χ4v) is 4.26. The number of carbonyl (C=O) groups excluding carboxylic acids is 1. The average Bonchev–Trinajstić information content (AvgIpc) is 3.23. The molecule has 0 saturated carbocycles. The van der Waals surface area contributed by atoms with Gasteiger partial charge >= 0.3 is 0 Å². The van der Waals surface area contributed by atoms with E-state index in [4.69, 9.17) is 9.72 Å². The summed E-state index contributed by atoms with van der Waals surface area (Å²) in [6, 6.07) is 26.2. The molecule has 0 saturated heterocycles. The van der Waals surface area contributed by atoms with E-state index in [1.165, 1.54) is 0 Å². The highest BCUT2D eigenvalue weighted by Crippen LogP contribution is 2.20. The van der Waals surface area contributed by atoms with E-state index in [1.807, 2.05) is 60.7 Å². The van der Waals surface area contributed by atoms with Crippen molar-refractivity contribution in [2.45, 2.75) is 38.6 Å². The molecule has 4 rings (SSSR count). The lowest BCUT2D eigenvalue weighted by atomic mass is 10.1. The van der Waals surface area contributed by atoms with Crippen LogP contribution in [0, 0.1) is 0 Å². The summed E-state index contributed by atoms with van der Waals surface area (Å²) in [4.78, 5) is 17.1. The van der Waals surface area contributed by atoms with E-state index in [2.05, 4.69) is 40.7 Å². The number of allylic oxidation sites excluding steroid dienone is 1. The normalized spacial score (nSPS) is 10.9. The van der Waals surface area contributed by atoms with Crippen molar-refractivity contribution in [1.82, 2.24) is 14.9 Å². The summed E-state index contributed by atoms with van der Waals surface area (Å²) < 4.78 is 8.38. The molecule has 1 amide bonds. The molecular weight excluding hydrogens is 434 g/mol. The molecule has 180 valence electrons. The Bertz CT molecular complexity index is 1250. The largest absolute Gasteiger partial charge is 0.493 e. The Morgan fingerprint density at radius 3 is 2.60 bits per heavy atom. The molecule has 0 spiro atoms. The molecule has 1 heterocycles. The maximum absolute atomic E-state index is 12.2. The van der Waals surface area contributed by atoms with Gasteiger partial charge in [0.15, 0.2) is 0 Å². The van der Waals surface area contributed by atoms with Crippen molar-refractivity contribution in [1.29, 1.82) is 0 Å². The number of imidazole rings is 1. The number of nitrogens with one attached hydrogen (secondary N) is 1. The number of fused-ring (bicyclic) bond motifs is 1. The number of ether oxygens (including phenoxy) is 1. The quantitative estimate of drug-likeness (QED) is 0.208. The van der Waals surface area contributed by atoms with Crippen molar-refractivity contribution in [2.24, 2.45) is 0 Å². The summed E-state index contributed by atoms with van der Waals surface area (Å²) >= 11 is 0. The number of benzene rings is 3. The predicted octanol–water partition coefficient (Wildman–Crippen LogP) is 5.53. The maximum atomic E-state index is 12.2. The Morgan fingerprint density at radius 2 is 1.74 bits per heavy atom. The van der Waals surface area contributed by atoms with Crippen molar-refractivity contribution in [3.8, 4) is 5.75 Å². The second-order valence-corrected chi connectivity index (χ2v) is 8.59. The van der Waals surface area contributed by atoms with Crippen LogP contribution < -0.4 is 10.1 Å². The third-order valence-corrected chi connectivity index (χ3v) is 5.96. The number of amides is 1. The fourth-order valence-electron chi connectivity index (χ4n) is 4.26. The van der Waals surface area contributed by atoms with Crippen LogP contribution in [0.2, 0.25) is 0 Å². The minimum absolute atomic E-state index is 0.0542. The van der Waals surface area contributed by atoms with Crippen LogP contribution in [0.1, 0.15) is 29.8 Å². The van der Waals surface area contributed by atoms with Crippen LogP contribution >= 0.6 is 0 Å². The molecule has 5 heteroatoms. The van der Waals surface area contributed by atoms with E-state index in [0.717, 1.165) is 66.0 Å². The molecule has 0 bridgehead atoms. The highest BCUT2D eigenvalue weighted by Gasteiger charge is 2.11. The van der Waals surface area contributed by atoms with Crippen LogP contribution in [-0.2, 0) is 30.6 Å². The van der Waals surface area contributed by atoms with Crippen molar-refractivity contribution in [2.75, 3.05) is 13.2 Å². The zero-order valence-corrected chi connectivity index (χ0v) is 20.2. The third-order valence-electron chi connectivity index (χ3n) is 5.96. The minimum Gasteiger partial charge on any atom is -0.493 e. The number of carbonyl (C=O) groups is 1. The van der Waals surface area contributed by atoms with Crippen LogP contribution in [0.5, 0.6) is 5.75 Å². The van der Waals surface area contributed by atoms with E-state index in [0.29, 0.717) is 19.6 Å². The standard InChI is InChI=1S/C30H33N3O2/c1-2-12-25-15-6-9-18-28(25)35-22-11-21-33-27-17-8-7-16-26(27)32-29(33)19-10-20-31-30(34)23-24-13-4-3-5-14-24/h2-9,13-18H,1,10-12,19-23H2,(H,31,34). The van der Waals surface area contributed by atoms with E-state index in [9.17, 15) is 4.79 Å². The van der Waals surface area contributed by atoms with Gasteiger partial charge in [0, 0.05) is 19.5 Å². The first-order chi connectivity index (χ1) is 17.2. The maximum Gasteiger partial charge on any atom is 0.224 e. The first-order valence-electron chi connectivity index (χ1n) is 12.3. The zero-order chi connectivity index (χ0) is 24.3. The molecule has 0 aliphatic heterocycles. The molecule has 0 fully saturated rings. The number of hydrogen-bond acceptors (Lipinski definition) is 3. The van der Waals surface area contributed by atoms with E-state index in [1.54, 1.807) is 0 Å². The summed E-state index contributed by atoms with van der Waals surface area (Å²) in [6.07, 6.45) is 5.64. The van der Waals surface area contributed by atoms with Gasteiger partial charge in [-0.25, -0.2) is 4.98 Å². The zero-order valence-electron chi connectivity index (χ0n) is 20.2. The van der Waals surface area contributed by atoms with Crippen molar-refractivity contribution in [3.63, 3.8) is 0 Å². The molecule has 0 atom stereocenters. The van der Waals surface area contributed by atoms with Crippen molar-refractivity contribution in [3.05, 3.63) is 108 Å². The fraction of sp³-hybridized carbons (Fsp3) is 0.267. The van der Waals surface area contributed by atoms with Gasteiger partial charge in [-0.15, -0.1) is 6.58 Å². The number of hydrogen-bond donors (Lipinski definition) is 1. The van der Waals surface area contributed by atoms with Crippen molar-refractivity contribution >= 4 is 16.9 Å². The highest BCUT2D eigenvalue weighted by molar-refractivity contribution is 5.78. The monoisotopic (exact) mass is 467 g/mol. The summed E-state index contributed by atoms with van der Waals surface area (Å²) in [5, 5.41) is 3.04. The van der Waals surface area contributed by atoms with Gasteiger partial charge < -0.3 is 14.6 Å². The van der Waals surface area contributed by atoms with Gasteiger partial charge in [0.25, 0.3) is 0 Å². The van der Waals surface area contributed by atoms with Crippen LogP contribution in [-0.4, -0.2) is 28.6 Å². The van der Waals surface area contributed by atoms with Gasteiger partial charge in [-0.2, -0.15) is 0 Å². The third kappa shape index (κ3) is 6.82. The number of aryl methyl sites for hydroxylation is 2. The predicted molar refractivity (Wildman–Crippen MR) is 142 cm³/mol. The topological polar surface area (TPSA) is 56.1 Å². The van der Waals surface area contributed by atoms with Gasteiger partial charge in [-0.05, 0) is 48.6 Å². The Balaban J connectivity index is 1.30. The second-order valence-electron chi connectivity index (χ2n) is 8.59. The Kier molecular flexibility index (Phi) is 8.71. The van der Waals surface area contributed by atoms with Gasteiger partial charge in [0.2, 0.25) is 5.91 Å².